The molecule has 1 aromatic rings. The van der Waals surface area contributed by atoms with Gasteiger partial charge in [-0.3, -0.25) is 4.79 Å². The second-order valence-electron chi connectivity index (χ2n) is 7.32. The lowest BCUT2D eigenvalue weighted by Crippen LogP contribution is -2.59. The van der Waals surface area contributed by atoms with Crippen LogP contribution in [0.15, 0.2) is 27.6 Å². The number of rotatable bonds is 2. The van der Waals surface area contributed by atoms with E-state index in [1.165, 1.54) is 38.5 Å². The van der Waals surface area contributed by atoms with E-state index in [-0.39, 0.29) is 11.4 Å². The van der Waals surface area contributed by atoms with Crippen molar-refractivity contribution >= 4 is 34.5 Å². The molecule has 1 N–H and O–H groups in total. The van der Waals surface area contributed by atoms with Crippen molar-refractivity contribution in [3.05, 3.63) is 28.2 Å². The molecule has 4 fully saturated rings. The molecule has 1 amide bonds. The van der Waals surface area contributed by atoms with Gasteiger partial charge in [0, 0.05) is 14.9 Å². The Morgan fingerprint density at radius 3 is 2.29 bits per heavy atom. The third-order valence-electron chi connectivity index (χ3n) is 5.61. The maximum absolute atomic E-state index is 12.7. The predicted octanol–water partition coefficient (Wildman–Crippen LogP) is 4.44. The van der Waals surface area contributed by atoms with Crippen LogP contribution in [0.5, 0.6) is 0 Å². The fourth-order valence-corrected chi connectivity index (χ4v) is 5.89. The van der Waals surface area contributed by atoms with Crippen LogP contribution in [-0.4, -0.2) is 11.4 Å². The number of carbonyl (C=O) groups excluding carboxylic acids is 1. The van der Waals surface area contributed by atoms with Crippen molar-refractivity contribution in [3.63, 3.8) is 0 Å². The van der Waals surface area contributed by atoms with Crippen LogP contribution < -0.4 is 5.32 Å². The number of hydrogen-bond donors (Lipinski definition) is 2. The van der Waals surface area contributed by atoms with Crippen LogP contribution in [0.1, 0.15) is 48.9 Å². The molecule has 5 rings (SSSR count). The molecule has 0 spiro atoms. The van der Waals surface area contributed by atoms with E-state index in [1.807, 2.05) is 18.2 Å². The monoisotopic (exact) mass is 365 g/mol. The summed E-state index contributed by atoms with van der Waals surface area (Å²) in [5.74, 6) is 2.59. The van der Waals surface area contributed by atoms with Crippen molar-refractivity contribution in [2.24, 2.45) is 17.8 Å². The van der Waals surface area contributed by atoms with Crippen LogP contribution in [0.2, 0.25) is 0 Å². The normalized spacial score (nSPS) is 36.8. The maximum atomic E-state index is 12.7. The van der Waals surface area contributed by atoms with E-state index in [0.717, 1.165) is 27.1 Å². The lowest BCUT2D eigenvalue weighted by molar-refractivity contribution is -0.0167. The van der Waals surface area contributed by atoms with Crippen molar-refractivity contribution in [1.29, 1.82) is 0 Å². The molecular formula is C17H20BrNOS. The van der Waals surface area contributed by atoms with Gasteiger partial charge in [-0.15, -0.1) is 12.6 Å². The summed E-state index contributed by atoms with van der Waals surface area (Å²) in [6.07, 6.45) is 7.73. The number of thiol groups is 1. The average Bonchev–Trinajstić information content (AvgIpc) is 2.39. The molecule has 0 unspecified atom stereocenters. The van der Waals surface area contributed by atoms with Crippen molar-refractivity contribution < 1.29 is 4.79 Å². The lowest BCUT2D eigenvalue weighted by atomic mass is 9.53. The molecule has 4 saturated carbocycles. The van der Waals surface area contributed by atoms with Gasteiger partial charge in [0.15, 0.2) is 0 Å². The Morgan fingerprint density at radius 2 is 1.71 bits per heavy atom. The van der Waals surface area contributed by atoms with Crippen molar-refractivity contribution in [2.75, 3.05) is 0 Å². The van der Waals surface area contributed by atoms with Crippen LogP contribution in [0.3, 0.4) is 0 Å². The smallest absolute Gasteiger partial charge is 0.252 e. The molecule has 0 saturated heterocycles. The Kier molecular flexibility index (Phi) is 3.38. The molecule has 4 heteroatoms. The van der Waals surface area contributed by atoms with E-state index >= 15 is 0 Å². The van der Waals surface area contributed by atoms with Gasteiger partial charge in [0.05, 0.1) is 5.56 Å². The van der Waals surface area contributed by atoms with Crippen molar-refractivity contribution in [2.45, 2.75) is 49.0 Å². The number of carbonyl (C=O) groups is 1. The van der Waals surface area contributed by atoms with E-state index in [4.69, 9.17) is 0 Å². The minimum Gasteiger partial charge on any atom is -0.347 e. The summed E-state index contributed by atoms with van der Waals surface area (Å²) in [5, 5.41) is 3.41. The highest BCUT2D eigenvalue weighted by Gasteiger charge is 2.51. The summed E-state index contributed by atoms with van der Waals surface area (Å²) >= 11 is 7.84. The third kappa shape index (κ3) is 2.55. The van der Waals surface area contributed by atoms with Gasteiger partial charge in [0.25, 0.3) is 5.91 Å². The highest BCUT2D eigenvalue weighted by Crippen LogP contribution is 2.55. The van der Waals surface area contributed by atoms with Gasteiger partial charge in [-0.1, -0.05) is 0 Å². The number of amides is 1. The molecule has 4 aliphatic carbocycles. The van der Waals surface area contributed by atoms with Gasteiger partial charge in [0.2, 0.25) is 0 Å². The summed E-state index contributed by atoms with van der Waals surface area (Å²) < 4.78 is 0.850. The maximum Gasteiger partial charge on any atom is 0.252 e. The Balaban J connectivity index is 1.58. The van der Waals surface area contributed by atoms with Crippen LogP contribution in [0.4, 0.5) is 0 Å². The van der Waals surface area contributed by atoms with Crippen molar-refractivity contribution in [3.8, 4) is 0 Å². The molecule has 21 heavy (non-hydrogen) atoms. The third-order valence-corrected chi connectivity index (χ3v) is 6.58. The zero-order valence-electron chi connectivity index (χ0n) is 11.9. The Labute approximate surface area is 139 Å². The molecule has 2 nitrogen and oxygen atoms in total. The van der Waals surface area contributed by atoms with Crippen LogP contribution in [-0.2, 0) is 0 Å². The zero-order chi connectivity index (χ0) is 14.6. The topological polar surface area (TPSA) is 29.1 Å². The van der Waals surface area contributed by atoms with Gasteiger partial charge >= 0.3 is 0 Å². The minimum absolute atomic E-state index is 0.0553. The molecule has 0 radical (unpaired) electrons. The number of nitrogens with one attached hydrogen (secondary N) is 1. The van der Waals surface area contributed by atoms with Gasteiger partial charge in [-0.25, -0.2) is 0 Å². The molecule has 0 aliphatic heterocycles. The molecule has 112 valence electrons. The second-order valence-corrected chi connectivity index (χ2v) is 8.69. The summed E-state index contributed by atoms with van der Waals surface area (Å²) in [5.41, 5.74) is 0.774. The molecule has 0 heterocycles. The van der Waals surface area contributed by atoms with Crippen LogP contribution >= 0.6 is 28.6 Å². The predicted molar refractivity (Wildman–Crippen MR) is 89.8 cm³/mol. The Morgan fingerprint density at radius 1 is 1.14 bits per heavy atom. The molecule has 4 aliphatic rings. The second kappa shape index (κ2) is 5.02. The largest absolute Gasteiger partial charge is 0.347 e. The van der Waals surface area contributed by atoms with Crippen LogP contribution in [0.25, 0.3) is 0 Å². The SMILES string of the molecule is O=C(NC12CC3CC(CC(C3)C1)C2)c1cc(S)ccc1Br. The van der Waals surface area contributed by atoms with Crippen LogP contribution in [0, 0.1) is 17.8 Å². The molecule has 0 atom stereocenters. The van der Waals surface area contributed by atoms with Gasteiger partial charge in [0.1, 0.15) is 0 Å². The fraction of sp³-hybridized carbons (Fsp3) is 0.588. The van der Waals surface area contributed by atoms with E-state index in [9.17, 15) is 4.79 Å². The van der Waals surface area contributed by atoms with E-state index in [0.29, 0.717) is 5.56 Å². The van der Waals surface area contributed by atoms with Gasteiger partial charge in [-0.2, -0.15) is 0 Å². The summed E-state index contributed by atoms with van der Waals surface area (Å²) in [4.78, 5) is 13.6. The van der Waals surface area contributed by atoms with E-state index < -0.39 is 0 Å². The minimum atomic E-state index is 0.0553. The molecule has 1 aromatic carbocycles. The first kappa shape index (κ1) is 14.1. The molecule has 0 aromatic heterocycles. The zero-order valence-corrected chi connectivity index (χ0v) is 14.4. The van der Waals surface area contributed by atoms with Crippen molar-refractivity contribution in [1.82, 2.24) is 5.32 Å². The highest BCUT2D eigenvalue weighted by molar-refractivity contribution is 9.10. The highest BCUT2D eigenvalue weighted by atomic mass is 79.9. The first-order valence-corrected chi connectivity index (χ1v) is 9.08. The Bertz CT molecular complexity index is 565. The molecule has 4 bridgehead atoms. The summed E-state index contributed by atoms with van der Waals surface area (Å²) in [6.45, 7) is 0. The quantitative estimate of drug-likeness (QED) is 0.745. The van der Waals surface area contributed by atoms with Gasteiger partial charge in [-0.05, 0) is 90.4 Å². The fourth-order valence-electron chi connectivity index (χ4n) is 5.26. The Hall–Kier alpha value is -0.480. The molecular weight excluding hydrogens is 346 g/mol. The number of benzene rings is 1. The van der Waals surface area contributed by atoms with E-state index in [2.05, 4.69) is 33.9 Å². The number of halogens is 1. The first-order valence-electron chi connectivity index (χ1n) is 7.84. The standard InChI is InChI=1S/C17H20BrNOS/c18-15-2-1-13(21)6-14(15)16(20)19-17-7-10-3-11(8-17)5-12(4-10)9-17/h1-2,6,10-12,21H,3-5,7-9H2,(H,19,20). The first-order chi connectivity index (χ1) is 10.0. The summed E-state index contributed by atoms with van der Waals surface area (Å²) in [6, 6.07) is 5.65. The number of hydrogen-bond acceptors (Lipinski definition) is 2. The van der Waals surface area contributed by atoms with E-state index in [1.54, 1.807) is 0 Å². The van der Waals surface area contributed by atoms with Gasteiger partial charge < -0.3 is 5.32 Å². The average molecular weight is 366 g/mol. The summed E-state index contributed by atoms with van der Waals surface area (Å²) in [7, 11) is 0. The lowest BCUT2D eigenvalue weighted by Gasteiger charge is -2.56.